The highest BCUT2D eigenvalue weighted by Gasteiger charge is 2.08. The van der Waals surface area contributed by atoms with Crippen molar-refractivity contribution in [3.63, 3.8) is 0 Å². The zero-order valence-electron chi connectivity index (χ0n) is 5.47. The summed E-state index contributed by atoms with van der Waals surface area (Å²) in [5.41, 5.74) is -0.155. The van der Waals surface area contributed by atoms with Crippen molar-refractivity contribution in [2.75, 3.05) is 6.35 Å². The minimum atomic E-state index is -0.155. The molecular weight excluding hydrogens is 123 g/mol. The first-order chi connectivity index (χ1) is 3.56. The van der Waals surface area contributed by atoms with E-state index in [0.29, 0.717) is 6.35 Å². The minimum absolute atomic E-state index is 0.0577. The average Bonchev–Trinajstić information content (AvgIpc) is 1.59. The topological polar surface area (TPSA) is 26.3 Å². The second-order valence-electron chi connectivity index (χ2n) is 2.51. The highest BCUT2D eigenvalue weighted by atomic mass is 31.1. The number of hydrogen-bond donors (Lipinski definition) is 0. The molecule has 0 aliphatic carbocycles. The third-order valence-corrected chi connectivity index (χ3v) is 0.785. The van der Waals surface area contributed by atoms with Crippen LogP contribution in [0.15, 0.2) is 0 Å². The Labute approximate surface area is 51.4 Å². The minimum Gasteiger partial charge on any atom is -0.364 e. The van der Waals surface area contributed by atoms with Crippen LogP contribution in [0, 0.1) is 0 Å². The van der Waals surface area contributed by atoms with E-state index in [2.05, 4.69) is 0 Å². The molecule has 0 aromatic carbocycles. The maximum atomic E-state index is 9.82. The van der Waals surface area contributed by atoms with Crippen LogP contribution in [-0.2, 0) is 9.30 Å². The van der Waals surface area contributed by atoms with Crippen molar-refractivity contribution in [2.24, 2.45) is 0 Å². The Morgan fingerprint density at radius 1 is 1.50 bits per heavy atom. The van der Waals surface area contributed by atoms with Gasteiger partial charge < -0.3 is 4.74 Å². The molecule has 0 aliphatic heterocycles. The Hall–Kier alpha value is 0.0600. The van der Waals surface area contributed by atoms with Crippen molar-refractivity contribution in [2.45, 2.75) is 26.4 Å². The summed E-state index contributed by atoms with van der Waals surface area (Å²) in [6, 6.07) is 0. The molecule has 0 atom stereocenters. The largest absolute Gasteiger partial charge is 0.364 e. The highest BCUT2D eigenvalue weighted by Crippen LogP contribution is 2.08. The molecule has 0 N–H and O–H groups in total. The lowest BCUT2D eigenvalue weighted by molar-refractivity contribution is 0.0269. The third kappa shape index (κ3) is 6.06. The van der Waals surface area contributed by atoms with Gasteiger partial charge in [-0.1, -0.05) is 0 Å². The third-order valence-electron chi connectivity index (χ3n) is 0.550. The quantitative estimate of drug-likeness (QED) is 0.540. The van der Waals surface area contributed by atoms with Gasteiger partial charge in [0, 0.05) is 0 Å². The van der Waals surface area contributed by atoms with E-state index in [4.69, 9.17) is 4.74 Å². The van der Waals surface area contributed by atoms with Crippen LogP contribution in [0.3, 0.4) is 0 Å². The Morgan fingerprint density at radius 3 is 2.12 bits per heavy atom. The molecule has 0 aliphatic rings. The lowest BCUT2D eigenvalue weighted by Gasteiger charge is -2.16. The summed E-state index contributed by atoms with van der Waals surface area (Å²) >= 11 is 0. The fourth-order valence-corrected chi connectivity index (χ4v) is 0.660. The van der Waals surface area contributed by atoms with Crippen LogP contribution in [-0.4, -0.2) is 11.9 Å². The van der Waals surface area contributed by atoms with E-state index in [1.165, 1.54) is 0 Å². The van der Waals surface area contributed by atoms with E-state index in [9.17, 15) is 4.57 Å². The Balaban J connectivity index is 3.24. The Bertz CT molecular complexity index is 75.0. The van der Waals surface area contributed by atoms with E-state index in [1.807, 2.05) is 20.8 Å². The fourth-order valence-electron chi connectivity index (χ4n) is 0.220. The van der Waals surface area contributed by atoms with Crippen LogP contribution < -0.4 is 0 Å². The number of ether oxygens (including phenoxy) is 1. The van der Waals surface area contributed by atoms with Gasteiger partial charge in [-0.25, -0.2) is 0 Å². The van der Waals surface area contributed by atoms with Gasteiger partial charge in [-0.15, -0.1) is 0 Å². The first-order valence-corrected chi connectivity index (χ1v) is 3.49. The number of hydrogen-bond acceptors (Lipinski definition) is 2. The molecule has 0 amide bonds. The molecule has 0 saturated heterocycles. The zero-order chi connectivity index (χ0) is 6.62. The molecule has 0 aromatic heterocycles. The monoisotopic (exact) mass is 134 g/mol. The predicted molar refractivity (Wildman–Crippen MR) is 33.3 cm³/mol. The summed E-state index contributed by atoms with van der Waals surface area (Å²) < 4.78 is 14.9. The van der Waals surface area contributed by atoms with Gasteiger partial charge in [0.1, 0.15) is 6.35 Å². The van der Waals surface area contributed by atoms with Crippen molar-refractivity contribution in [1.82, 2.24) is 0 Å². The highest BCUT2D eigenvalue weighted by molar-refractivity contribution is 7.23. The van der Waals surface area contributed by atoms with Crippen LogP contribution in [0.25, 0.3) is 0 Å². The maximum absolute atomic E-state index is 9.82. The SMILES string of the molecule is CC(C)(C)OCP=O. The van der Waals surface area contributed by atoms with Crippen LogP contribution >= 0.6 is 8.46 Å². The van der Waals surface area contributed by atoms with Gasteiger partial charge in [0.05, 0.1) is 5.60 Å². The van der Waals surface area contributed by atoms with Gasteiger partial charge in [0.2, 0.25) is 0 Å². The molecule has 3 heteroatoms. The molecule has 0 unspecified atom stereocenters. The van der Waals surface area contributed by atoms with Crippen LogP contribution in [0.5, 0.6) is 0 Å². The predicted octanol–water partition coefficient (Wildman–Crippen LogP) is 2.05. The summed E-state index contributed by atoms with van der Waals surface area (Å²) in [7, 11) is 0.0577. The summed E-state index contributed by atoms with van der Waals surface area (Å²) in [4.78, 5) is 0. The van der Waals surface area contributed by atoms with Gasteiger partial charge >= 0.3 is 0 Å². The van der Waals surface area contributed by atoms with Gasteiger partial charge in [-0.2, -0.15) is 0 Å². The average molecular weight is 134 g/mol. The van der Waals surface area contributed by atoms with Crippen molar-refractivity contribution in [3.8, 4) is 0 Å². The van der Waals surface area contributed by atoms with Crippen LogP contribution in [0.2, 0.25) is 0 Å². The van der Waals surface area contributed by atoms with Crippen molar-refractivity contribution in [3.05, 3.63) is 0 Å². The normalized spacial score (nSPS) is 12.4. The molecule has 0 fully saturated rings. The summed E-state index contributed by atoms with van der Waals surface area (Å²) in [6.45, 7) is 5.79. The second kappa shape index (κ2) is 3.16. The lowest BCUT2D eigenvalue weighted by atomic mass is 10.2. The molecule has 0 heterocycles. The first-order valence-electron chi connectivity index (χ1n) is 2.49. The molecule has 48 valence electrons. The van der Waals surface area contributed by atoms with Gasteiger partial charge in [-0.05, 0) is 20.8 Å². The Morgan fingerprint density at radius 2 is 2.00 bits per heavy atom. The standard InChI is InChI=1S/C5H11O2P/c1-5(2,3)7-4-8-6/h4H2,1-3H3. The molecule has 0 bridgehead atoms. The van der Waals surface area contributed by atoms with E-state index in [-0.39, 0.29) is 14.1 Å². The van der Waals surface area contributed by atoms with Crippen LogP contribution in [0.4, 0.5) is 0 Å². The Kier molecular flexibility index (Phi) is 3.18. The maximum Gasteiger partial charge on any atom is 0.183 e. The smallest absolute Gasteiger partial charge is 0.183 e. The second-order valence-corrected chi connectivity index (χ2v) is 3.03. The summed E-state index contributed by atoms with van der Waals surface area (Å²) in [5.74, 6) is 0. The molecular formula is C5H11O2P. The molecule has 0 rings (SSSR count). The molecule has 0 radical (unpaired) electrons. The first kappa shape index (κ1) is 8.06. The molecule has 0 aromatic rings. The summed E-state index contributed by atoms with van der Waals surface area (Å²) in [6.07, 6.45) is 0.295. The van der Waals surface area contributed by atoms with E-state index >= 15 is 0 Å². The van der Waals surface area contributed by atoms with Crippen molar-refractivity contribution >= 4 is 8.46 Å². The fraction of sp³-hybridized carbons (Fsp3) is 1.00. The molecule has 8 heavy (non-hydrogen) atoms. The van der Waals surface area contributed by atoms with Gasteiger partial charge in [-0.3, -0.25) is 4.57 Å². The van der Waals surface area contributed by atoms with Crippen molar-refractivity contribution in [1.29, 1.82) is 0 Å². The lowest BCUT2D eigenvalue weighted by Crippen LogP contribution is -2.17. The molecule has 0 spiro atoms. The van der Waals surface area contributed by atoms with E-state index in [0.717, 1.165) is 0 Å². The van der Waals surface area contributed by atoms with Crippen molar-refractivity contribution < 1.29 is 9.30 Å². The number of rotatable bonds is 2. The zero-order valence-corrected chi connectivity index (χ0v) is 6.37. The molecule has 0 saturated carbocycles. The van der Waals surface area contributed by atoms with Gasteiger partial charge in [0.15, 0.2) is 8.46 Å². The van der Waals surface area contributed by atoms with Crippen LogP contribution in [0.1, 0.15) is 20.8 Å². The van der Waals surface area contributed by atoms with E-state index in [1.54, 1.807) is 0 Å². The molecule has 2 nitrogen and oxygen atoms in total. The summed E-state index contributed by atoms with van der Waals surface area (Å²) in [5, 5.41) is 0. The van der Waals surface area contributed by atoms with E-state index < -0.39 is 0 Å². The van der Waals surface area contributed by atoms with Gasteiger partial charge in [0.25, 0.3) is 0 Å².